The Balaban J connectivity index is 2.46. The van der Waals surface area contributed by atoms with E-state index in [0.717, 1.165) is 6.20 Å². The van der Waals surface area contributed by atoms with Gasteiger partial charge in [-0.25, -0.2) is 0 Å². The first-order chi connectivity index (χ1) is 10.5. The van der Waals surface area contributed by atoms with E-state index in [4.69, 9.17) is 11.0 Å². The Morgan fingerprint density at radius 1 is 1.55 bits per heavy atom. The van der Waals surface area contributed by atoms with E-state index in [1.54, 1.807) is 6.07 Å². The molecule has 11 heteroatoms. The number of benzene rings is 1. The van der Waals surface area contributed by atoms with Crippen molar-refractivity contribution in [2.24, 2.45) is 5.73 Å². The van der Waals surface area contributed by atoms with Gasteiger partial charge in [0, 0.05) is 12.3 Å². The quantitative estimate of drug-likeness (QED) is 0.397. The van der Waals surface area contributed by atoms with Crippen LogP contribution in [0.5, 0.6) is 0 Å². The summed E-state index contributed by atoms with van der Waals surface area (Å²) in [5, 5.41) is 35.3. The standard InChI is InChI=1S/C11H8N8O3/c12-4-6(11-15-17-18-16-11)5-14-9-7(10(13)20)2-1-3-8(9)19(21)22/h1-3,5,14H,(H2,13,20)(H,15,16,17,18). The highest BCUT2D eigenvalue weighted by molar-refractivity contribution is 6.01. The lowest BCUT2D eigenvalue weighted by atomic mass is 10.1. The molecule has 1 aromatic carbocycles. The third-order valence-electron chi connectivity index (χ3n) is 2.57. The Kier molecular flexibility index (Phi) is 4.04. The van der Waals surface area contributed by atoms with Gasteiger partial charge >= 0.3 is 0 Å². The van der Waals surface area contributed by atoms with Gasteiger partial charge in [0.05, 0.1) is 10.5 Å². The maximum atomic E-state index is 11.4. The molecule has 4 N–H and O–H groups in total. The number of carbonyl (C=O) groups excluding carboxylic acids is 1. The minimum atomic E-state index is -0.849. The van der Waals surface area contributed by atoms with Crippen molar-refractivity contribution in [3.05, 3.63) is 45.9 Å². The zero-order valence-electron chi connectivity index (χ0n) is 10.8. The summed E-state index contributed by atoms with van der Waals surface area (Å²) in [5.41, 5.74) is 4.57. The van der Waals surface area contributed by atoms with Crippen LogP contribution in [0.2, 0.25) is 0 Å². The Bertz CT molecular complexity index is 758. The number of nitrogens with two attached hydrogens (primary N) is 1. The molecule has 1 amide bonds. The number of hydrogen-bond acceptors (Lipinski definition) is 8. The number of nitro benzene ring substituents is 1. The number of primary amides is 1. The molecule has 0 saturated carbocycles. The topological polar surface area (TPSA) is 177 Å². The maximum absolute atomic E-state index is 11.4. The van der Waals surface area contributed by atoms with Crippen molar-refractivity contribution in [3.8, 4) is 6.07 Å². The molecule has 0 atom stereocenters. The van der Waals surface area contributed by atoms with Crippen molar-refractivity contribution in [1.82, 2.24) is 20.6 Å². The number of para-hydroxylation sites is 1. The average Bonchev–Trinajstić information content (AvgIpc) is 3.01. The van der Waals surface area contributed by atoms with Gasteiger partial charge in [-0.3, -0.25) is 14.9 Å². The number of anilines is 1. The number of nitrogens with one attached hydrogen (secondary N) is 2. The van der Waals surface area contributed by atoms with E-state index in [0.29, 0.717) is 0 Å². The number of tetrazole rings is 1. The van der Waals surface area contributed by atoms with Crippen molar-refractivity contribution in [2.45, 2.75) is 0 Å². The van der Waals surface area contributed by atoms with Crippen LogP contribution in [-0.2, 0) is 0 Å². The number of hydrogen-bond donors (Lipinski definition) is 3. The number of carbonyl (C=O) groups is 1. The highest BCUT2D eigenvalue weighted by Gasteiger charge is 2.20. The third kappa shape index (κ3) is 2.85. The monoisotopic (exact) mass is 300 g/mol. The second-order valence-corrected chi connectivity index (χ2v) is 3.87. The van der Waals surface area contributed by atoms with E-state index < -0.39 is 10.8 Å². The molecule has 11 nitrogen and oxygen atoms in total. The first kappa shape index (κ1) is 14.6. The number of nitro groups is 1. The fourth-order valence-corrected chi connectivity index (χ4v) is 1.62. The highest BCUT2D eigenvalue weighted by Crippen LogP contribution is 2.28. The zero-order valence-corrected chi connectivity index (χ0v) is 10.8. The lowest BCUT2D eigenvalue weighted by Gasteiger charge is -2.07. The van der Waals surface area contributed by atoms with Gasteiger partial charge in [0.1, 0.15) is 17.3 Å². The second-order valence-electron chi connectivity index (χ2n) is 3.87. The first-order valence-electron chi connectivity index (χ1n) is 5.72. The van der Waals surface area contributed by atoms with Gasteiger partial charge in [-0.05, 0) is 11.3 Å². The van der Waals surface area contributed by atoms with Gasteiger partial charge in [0.25, 0.3) is 11.6 Å². The van der Waals surface area contributed by atoms with Gasteiger partial charge < -0.3 is 11.1 Å². The molecule has 22 heavy (non-hydrogen) atoms. The largest absolute Gasteiger partial charge is 0.366 e. The molecule has 0 aliphatic carbocycles. The lowest BCUT2D eigenvalue weighted by molar-refractivity contribution is -0.383. The summed E-state index contributed by atoms with van der Waals surface area (Å²) in [6, 6.07) is 5.65. The Labute approximate surface area is 122 Å². The number of amides is 1. The van der Waals surface area contributed by atoms with Crippen molar-refractivity contribution in [3.63, 3.8) is 0 Å². The zero-order chi connectivity index (χ0) is 16.1. The number of aromatic amines is 1. The van der Waals surface area contributed by atoms with Gasteiger partial charge in [0.15, 0.2) is 0 Å². The van der Waals surface area contributed by atoms with Crippen LogP contribution in [0.1, 0.15) is 16.2 Å². The van der Waals surface area contributed by atoms with Crippen molar-refractivity contribution >= 4 is 22.9 Å². The normalized spacial score (nSPS) is 10.8. The molecule has 0 radical (unpaired) electrons. The second kappa shape index (κ2) is 6.09. The molecule has 0 unspecified atom stereocenters. The van der Waals surface area contributed by atoms with Crippen LogP contribution in [0, 0.1) is 21.4 Å². The summed E-state index contributed by atoms with van der Waals surface area (Å²) in [6.07, 6.45) is 1.12. The molecule has 2 rings (SSSR count). The lowest BCUT2D eigenvalue weighted by Crippen LogP contribution is -2.14. The van der Waals surface area contributed by atoms with Crippen LogP contribution in [0.25, 0.3) is 5.57 Å². The summed E-state index contributed by atoms with van der Waals surface area (Å²) >= 11 is 0. The van der Waals surface area contributed by atoms with Crippen LogP contribution >= 0.6 is 0 Å². The molecular weight excluding hydrogens is 292 g/mol. The van der Waals surface area contributed by atoms with Crippen LogP contribution in [0.4, 0.5) is 11.4 Å². The smallest absolute Gasteiger partial charge is 0.293 e. The maximum Gasteiger partial charge on any atom is 0.293 e. The minimum absolute atomic E-state index is 0.00536. The highest BCUT2D eigenvalue weighted by atomic mass is 16.6. The Hall–Kier alpha value is -3.81. The number of allylic oxidation sites excluding steroid dienone is 1. The van der Waals surface area contributed by atoms with Crippen molar-refractivity contribution < 1.29 is 9.72 Å². The molecule has 0 aliphatic rings. The van der Waals surface area contributed by atoms with Gasteiger partial charge in [-0.15, -0.1) is 10.2 Å². The molecule has 2 aromatic rings. The van der Waals surface area contributed by atoms with Crippen molar-refractivity contribution in [1.29, 1.82) is 5.26 Å². The Morgan fingerprint density at radius 3 is 2.86 bits per heavy atom. The fourth-order valence-electron chi connectivity index (χ4n) is 1.62. The van der Waals surface area contributed by atoms with Gasteiger partial charge in [-0.2, -0.15) is 10.5 Å². The Morgan fingerprint density at radius 2 is 2.32 bits per heavy atom. The molecule has 1 aromatic heterocycles. The van der Waals surface area contributed by atoms with Crippen LogP contribution in [0.15, 0.2) is 24.4 Å². The summed E-state index contributed by atoms with van der Waals surface area (Å²) in [5.74, 6) is -0.855. The molecule has 110 valence electrons. The SMILES string of the molecule is N#CC(=CNc1c(C(N)=O)cccc1[N+](=O)[O-])c1nn[nH]n1. The van der Waals surface area contributed by atoms with Crippen molar-refractivity contribution in [2.75, 3.05) is 5.32 Å². The average molecular weight is 300 g/mol. The van der Waals surface area contributed by atoms with E-state index in [1.165, 1.54) is 18.2 Å². The van der Waals surface area contributed by atoms with E-state index in [9.17, 15) is 14.9 Å². The van der Waals surface area contributed by atoms with Crippen LogP contribution < -0.4 is 11.1 Å². The molecule has 0 spiro atoms. The first-order valence-corrected chi connectivity index (χ1v) is 5.72. The molecular formula is C11H8N8O3. The molecule has 0 fully saturated rings. The van der Waals surface area contributed by atoms with Gasteiger partial charge in [-0.1, -0.05) is 6.07 Å². The molecule has 0 aliphatic heterocycles. The number of H-pyrrole nitrogens is 1. The summed E-state index contributed by atoms with van der Waals surface area (Å²) < 4.78 is 0. The minimum Gasteiger partial charge on any atom is -0.366 e. The van der Waals surface area contributed by atoms with E-state index in [-0.39, 0.29) is 28.3 Å². The van der Waals surface area contributed by atoms with Gasteiger partial charge in [0.2, 0.25) is 5.82 Å². The van der Waals surface area contributed by atoms with Crippen LogP contribution in [-0.4, -0.2) is 31.5 Å². The van der Waals surface area contributed by atoms with Crippen LogP contribution in [0.3, 0.4) is 0 Å². The third-order valence-corrected chi connectivity index (χ3v) is 2.57. The molecule has 0 saturated heterocycles. The van der Waals surface area contributed by atoms with E-state index >= 15 is 0 Å². The number of rotatable bonds is 5. The number of aromatic nitrogens is 4. The predicted octanol–water partition coefficient (Wildman–Crippen LogP) is 0.183. The predicted molar refractivity (Wildman–Crippen MR) is 73.0 cm³/mol. The summed E-state index contributed by atoms with van der Waals surface area (Å²) in [7, 11) is 0. The number of nitriles is 1. The van der Waals surface area contributed by atoms with E-state index in [2.05, 4.69) is 25.9 Å². The van der Waals surface area contributed by atoms with E-state index in [1.807, 2.05) is 0 Å². The number of nitrogens with zero attached hydrogens (tertiary/aromatic N) is 5. The summed E-state index contributed by atoms with van der Waals surface area (Å²) in [4.78, 5) is 21.7. The fraction of sp³-hybridized carbons (Fsp3) is 0. The summed E-state index contributed by atoms with van der Waals surface area (Å²) in [6.45, 7) is 0. The molecule has 0 bridgehead atoms. The molecule has 1 heterocycles.